The molecule has 588 valence electrons. The summed E-state index contributed by atoms with van der Waals surface area (Å²) in [5.41, 5.74) is 0. The van der Waals surface area contributed by atoms with Crippen molar-refractivity contribution in [3.8, 4) is 0 Å². The minimum absolute atomic E-state index is 0.108. The smallest absolute Gasteiger partial charge is 0.462 e. The number of carbonyl (C=O) groups excluding carboxylic acids is 4. The van der Waals surface area contributed by atoms with Gasteiger partial charge in [-0.05, 0) is 25.7 Å². The Kier molecular flexibility index (Phi) is 72.9. The number of rotatable bonds is 81. The van der Waals surface area contributed by atoms with Gasteiger partial charge >= 0.3 is 39.5 Å². The number of hydrogen-bond donors (Lipinski definition) is 3. The fraction of sp³-hybridized carbons (Fsp3) is 0.950. The molecule has 0 rings (SSSR count). The Bertz CT molecular complexity index is 1880. The highest BCUT2D eigenvalue weighted by Crippen LogP contribution is 2.45. The molecule has 0 saturated heterocycles. The summed E-state index contributed by atoms with van der Waals surface area (Å²) in [5.74, 6) is -2.11. The molecule has 99 heavy (non-hydrogen) atoms. The maximum absolute atomic E-state index is 13.1. The van der Waals surface area contributed by atoms with Crippen molar-refractivity contribution in [3.63, 3.8) is 0 Å². The Hall–Kier alpha value is -1.94. The minimum Gasteiger partial charge on any atom is -0.462 e. The SMILES string of the molecule is CCCCCCCCCCCCCCCCCCCCCC(=O)O[C@H](COC(=O)CCCCCCCCCCCCCCCCCCCC)COP(=O)(O)OC[C@@H](O)COP(=O)(O)OC[C@@H](COC(=O)CCCCCCCCCC)OC(=O)CCCCCCCCCCCCCCCC. The second kappa shape index (κ2) is 74.3. The maximum Gasteiger partial charge on any atom is 0.472 e. The topological polar surface area (TPSA) is 237 Å². The van der Waals surface area contributed by atoms with Gasteiger partial charge in [-0.15, -0.1) is 0 Å². The summed E-state index contributed by atoms with van der Waals surface area (Å²) in [7, 11) is -9.91. The third kappa shape index (κ3) is 74.1. The summed E-state index contributed by atoms with van der Waals surface area (Å²) < 4.78 is 68.6. The highest BCUT2D eigenvalue weighted by atomic mass is 31.2. The number of phosphoric acid groups is 2. The number of ether oxygens (including phenoxy) is 4. The Balaban J connectivity index is 5.19. The van der Waals surface area contributed by atoms with E-state index >= 15 is 0 Å². The van der Waals surface area contributed by atoms with Crippen molar-refractivity contribution in [2.24, 2.45) is 0 Å². The van der Waals surface area contributed by atoms with E-state index in [9.17, 15) is 43.2 Å². The molecule has 0 saturated carbocycles. The van der Waals surface area contributed by atoms with Crippen LogP contribution in [-0.4, -0.2) is 96.7 Å². The number of phosphoric ester groups is 2. The van der Waals surface area contributed by atoms with Gasteiger partial charge in [0.25, 0.3) is 0 Å². The lowest BCUT2D eigenvalue weighted by Crippen LogP contribution is -2.30. The van der Waals surface area contributed by atoms with Crippen LogP contribution in [0.25, 0.3) is 0 Å². The third-order valence-electron chi connectivity index (χ3n) is 18.9. The lowest BCUT2D eigenvalue weighted by molar-refractivity contribution is -0.161. The summed E-state index contributed by atoms with van der Waals surface area (Å²) in [4.78, 5) is 72.9. The number of aliphatic hydroxyl groups excluding tert-OH is 1. The monoisotopic (exact) mass is 1450 g/mol. The van der Waals surface area contributed by atoms with Gasteiger partial charge < -0.3 is 33.8 Å². The zero-order chi connectivity index (χ0) is 72.5. The highest BCUT2D eigenvalue weighted by molar-refractivity contribution is 7.47. The first-order valence-electron chi connectivity index (χ1n) is 41.8. The molecule has 0 fully saturated rings. The van der Waals surface area contributed by atoms with Gasteiger partial charge in [-0.3, -0.25) is 37.3 Å². The molecular formula is C80H156O17P2. The van der Waals surface area contributed by atoms with Crippen LogP contribution >= 0.6 is 15.6 Å². The Morgan fingerprint density at radius 2 is 0.404 bits per heavy atom. The first-order valence-corrected chi connectivity index (χ1v) is 44.8. The molecule has 0 radical (unpaired) electrons. The second-order valence-corrected chi connectivity index (χ2v) is 31.7. The third-order valence-corrected chi connectivity index (χ3v) is 20.8. The maximum atomic E-state index is 13.1. The van der Waals surface area contributed by atoms with Gasteiger partial charge in [0.15, 0.2) is 12.2 Å². The average Bonchev–Trinajstić information content (AvgIpc) is 1.06. The predicted molar refractivity (Wildman–Crippen MR) is 405 cm³/mol. The van der Waals surface area contributed by atoms with Crippen molar-refractivity contribution in [2.45, 2.75) is 451 Å². The molecule has 2 unspecified atom stereocenters. The Morgan fingerprint density at radius 1 is 0.242 bits per heavy atom. The summed E-state index contributed by atoms with van der Waals surface area (Å²) in [6.07, 6.45) is 66.7. The van der Waals surface area contributed by atoms with Gasteiger partial charge in [0.1, 0.15) is 19.3 Å². The fourth-order valence-electron chi connectivity index (χ4n) is 12.5. The van der Waals surface area contributed by atoms with Gasteiger partial charge in [0, 0.05) is 25.7 Å². The van der Waals surface area contributed by atoms with Crippen LogP contribution in [0.2, 0.25) is 0 Å². The van der Waals surface area contributed by atoms with Gasteiger partial charge in [0.2, 0.25) is 0 Å². The van der Waals surface area contributed by atoms with E-state index in [2.05, 4.69) is 27.7 Å². The van der Waals surface area contributed by atoms with Gasteiger partial charge in [-0.25, -0.2) is 9.13 Å². The van der Waals surface area contributed by atoms with Crippen molar-refractivity contribution in [3.05, 3.63) is 0 Å². The lowest BCUT2D eigenvalue weighted by atomic mass is 10.0. The number of hydrogen-bond acceptors (Lipinski definition) is 15. The average molecular weight is 1450 g/mol. The van der Waals surface area contributed by atoms with Crippen LogP contribution in [0.1, 0.15) is 432 Å². The first-order chi connectivity index (χ1) is 48.2. The molecule has 0 aliphatic heterocycles. The van der Waals surface area contributed by atoms with Crippen LogP contribution in [0.3, 0.4) is 0 Å². The van der Waals surface area contributed by atoms with Crippen LogP contribution in [0, 0.1) is 0 Å². The molecule has 0 aromatic heterocycles. The molecule has 0 aliphatic carbocycles. The Morgan fingerprint density at radius 3 is 0.596 bits per heavy atom. The summed E-state index contributed by atoms with van der Waals surface area (Å²) in [6.45, 7) is 5.00. The van der Waals surface area contributed by atoms with E-state index < -0.39 is 97.5 Å². The zero-order valence-electron chi connectivity index (χ0n) is 64.5. The van der Waals surface area contributed by atoms with Crippen molar-refractivity contribution in [2.75, 3.05) is 39.6 Å². The Labute approximate surface area is 607 Å². The molecule has 0 bridgehead atoms. The minimum atomic E-state index is -4.96. The number of esters is 4. The van der Waals surface area contributed by atoms with E-state index in [1.807, 2.05) is 0 Å². The number of unbranched alkanes of at least 4 members (excludes halogenated alkanes) is 55. The summed E-state index contributed by atoms with van der Waals surface area (Å²) in [5, 5.41) is 10.6. The van der Waals surface area contributed by atoms with E-state index in [1.165, 1.54) is 263 Å². The van der Waals surface area contributed by atoms with Crippen LogP contribution in [-0.2, 0) is 65.4 Å². The molecule has 0 amide bonds. The first kappa shape index (κ1) is 97.1. The van der Waals surface area contributed by atoms with Crippen molar-refractivity contribution < 1.29 is 80.2 Å². The van der Waals surface area contributed by atoms with E-state index in [1.54, 1.807) is 0 Å². The second-order valence-electron chi connectivity index (χ2n) is 28.8. The van der Waals surface area contributed by atoms with Crippen LogP contribution in [0.15, 0.2) is 0 Å². The zero-order valence-corrected chi connectivity index (χ0v) is 66.3. The number of aliphatic hydroxyl groups is 1. The van der Waals surface area contributed by atoms with Crippen molar-refractivity contribution >= 4 is 39.5 Å². The molecule has 0 aromatic carbocycles. The van der Waals surface area contributed by atoms with Gasteiger partial charge in [-0.2, -0.15) is 0 Å². The standard InChI is InChI=1S/C80H156O17P2/c1-5-9-13-17-21-25-28-31-34-36-38-40-42-45-48-51-55-59-63-67-80(85)97-76(71-91-78(83)65-61-57-53-49-46-44-41-39-37-35-32-29-26-22-18-14-10-6-2)73-95-99(88,89)93-69-74(81)68-92-98(86,87)94-72-75(70-90-77(82)64-60-56-52-24-20-16-12-8-4)96-79(84)66-62-58-54-50-47-43-33-30-27-23-19-15-11-7-3/h74-76,81H,5-73H2,1-4H3,(H,86,87)(H,88,89)/t74-,75+,76+/m0/s1. The molecule has 0 spiro atoms. The molecule has 17 nitrogen and oxygen atoms in total. The quantitative estimate of drug-likeness (QED) is 0.0222. The summed E-state index contributed by atoms with van der Waals surface area (Å²) >= 11 is 0. The van der Waals surface area contributed by atoms with Gasteiger partial charge in [-0.1, -0.05) is 381 Å². The molecule has 3 N–H and O–H groups in total. The lowest BCUT2D eigenvalue weighted by Gasteiger charge is -2.21. The number of carbonyl (C=O) groups is 4. The van der Waals surface area contributed by atoms with E-state index in [0.717, 1.165) is 89.9 Å². The van der Waals surface area contributed by atoms with Crippen LogP contribution in [0.4, 0.5) is 0 Å². The van der Waals surface area contributed by atoms with E-state index in [4.69, 9.17) is 37.0 Å². The molecule has 19 heteroatoms. The predicted octanol–water partition coefficient (Wildman–Crippen LogP) is 24.2. The molecule has 0 aromatic rings. The molecule has 0 heterocycles. The largest absolute Gasteiger partial charge is 0.472 e. The fourth-order valence-corrected chi connectivity index (χ4v) is 14.0. The van der Waals surface area contributed by atoms with Gasteiger partial charge in [0.05, 0.1) is 26.4 Å². The van der Waals surface area contributed by atoms with E-state index in [-0.39, 0.29) is 25.7 Å². The van der Waals surface area contributed by atoms with Crippen molar-refractivity contribution in [1.29, 1.82) is 0 Å². The van der Waals surface area contributed by atoms with Crippen LogP contribution in [0.5, 0.6) is 0 Å². The van der Waals surface area contributed by atoms with Crippen molar-refractivity contribution in [1.82, 2.24) is 0 Å². The highest BCUT2D eigenvalue weighted by Gasteiger charge is 2.30. The van der Waals surface area contributed by atoms with E-state index in [0.29, 0.717) is 25.7 Å². The molecule has 0 aliphatic rings. The normalized spacial score (nSPS) is 13.8. The summed E-state index contributed by atoms with van der Waals surface area (Å²) in [6, 6.07) is 0. The molecule has 5 atom stereocenters. The van der Waals surface area contributed by atoms with Crippen LogP contribution < -0.4 is 0 Å². The molecular weight excluding hydrogens is 1290 g/mol.